The van der Waals surface area contributed by atoms with Gasteiger partial charge in [-0.25, -0.2) is 13.6 Å². The minimum absolute atomic E-state index is 0.416. The molecule has 9 heteroatoms. The summed E-state index contributed by atoms with van der Waals surface area (Å²) in [5.74, 6) is -4.20. The van der Waals surface area contributed by atoms with E-state index in [2.05, 4.69) is 5.32 Å². The minimum atomic E-state index is -1.07. The highest BCUT2D eigenvalue weighted by molar-refractivity contribution is 6.08. The van der Waals surface area contributed by atoms with Crippen molar-refractivity contribution in [3.05, 3.63) is 35.4 Å². The molecule has 3 amide bonds. The van der Waals surface area contributed by atoms with E-state index >= 15 is 0 Å². The lowest BCUT2D eigenvalue weighted by molar-refractivity contribution is -0.147. The molecule has 0 radical (unpaired) electrons. The van der Waals surface area contributed by atoms with Crippen molar-refractivity contribution in [2.75, 3.05) is 13.2 Å². The highest BCUT2D eigenvalue weighted by Crippen LogP contribution is 2.33. The van der Waals surface area contributed by atoms with Gasteiger partial charge in [-0.2, -0.15) is 0 Å². The number of hydrogen-bond donors (Lipinski definition) is 1. The molecule has 1 aliphatic heterocycles. The van der Waals surface area contributed by atoms with Crippen LogP contribution in [0.2, 0.25) is 0 Å². The summed E-state index contributed by atoms with van der Waals surface area (Å²) in [6.07, 6.45) is 3.63. The summed E-state index contributed by atoms with van der Waals surface area (Å²) >= 11 is 0. The molecule has 7 nitrogen and oxygen atoms in total. The maximum atomic E-state index is 13.6. The number of nitrogens with one attached hydrogen (secondary N) is 1. The van der Waals surface area contributed by atoms with Crippen molar-refractivity contribution >= 4 is 23.7 Å². The summed E-state index contributed by atoms with van der Waals surface area (Å²) < 4.78 is 31.2. The number of urea groups is 1. The molecule has 144 valence electrons. The number of Topliss-reactive ketones (excluding diaryl/α,β-unsaturated/α-hetero) is 1. The Morgan fingerprint density at radius 3 is 2.52 bits per heavy atom. The smallest absolute Gasteiger partial charge is 0.326 e. The molecule has 1 saturated heterocycles. The highest BCUT2D eigenvalue weighted by Gasteiger charge is 2.51. The minimum Gasteiger partial charge on any atom is -0.456 e. The van der Waals surface area contributed by atoms with Crippen LogP contribution in [0.25, 0.3) is 0 Å². The molecular weight excluding hydrogens is 362 g/mol. The third kappa shape index (κ3) is 3.81. The van der Waals surface area contributed by atoms with Crippen LogP contribution in [-0.2, 0) is 14.3 Å². The molecule has 0 bridgehead atoms. The van der Waals surface area contributed by atoms with Gasteiger partial charge < -0.3 is 10.1 Å². The van der Waals surface area contributed by atoms with Gasteiger partial charge in [0.2, 0.25) is 5.78 Å². The number of ether oxygens (including phenoxy) is 1. The van der Waals surface area contributed by atoms with E-state index in [-0.39, 0.29) is 0 Å². The number of amides is 3. The Bertz CT molecular complexity index is 805. The second-order valence-corrected chi connectivity index (χ2v) is 6.67. The van der Waals surface area contributed by atoms with E-state index < -0.39 is 59.6 Å². The molecule has 0 atom stereocenters. The first kappa shape index (κ1) is 18.9. The molecule has 0 unspecified atom stereocenters. The fourth-order valence-corrected chi connectivity index (χ4v) is 3.43. The standard InChI is InChI=1S/C18H18F2N2O5/c19-11-4-5-12(13(20)8-11)14(23)10-27-15(24)9-22-16(25)18(21-17(22)26)6-2-1-3-7-18/h4-5,8H,1-3,6-7,9-10H2,(H,21,26). The molecule has 0 aromatic heterocycles. The zero-order valence-corrected chi connectivity index (χ0v) is 14.4. The number of imide groups is 1. The second kappa shape index (κ2) is 7.42. The Kier molecular flexibility index (Phi) is 5.20. The number of carbonyl (C=O) groups is 4. The molecule has 2 fully saturated rings. The largest absolute Gasteiger partial charge is 0.456 e. The van der Waals surface area contributed by atoms with E-state index in [0.29, 0.717) is 18.9 Å². The molecule has 1 heterocycles. The fourth-order valence-electron chi connectivity index (χ4n) is 3.43. The number of rotatable bonds is 5. The topological polar surface area (TPSA) is 92.8 Å². The van der Waals surface area contributed by atoms with Crippen LogP contribution >= 0.6 is 0 Å². The van der Waals surface area contributed by atoms with Crippen molar-refractivity contribution in [2.45, 2.75) is 37.6 Å². The number of ketones is 1. The van der Waals surface area contributed by atoms with Crippen LogP contribution in [-0.4, -0.2) is 47.3 Å². The lowest BCUT2D eigenvalue weighted by atomic mass is 9.82. The van der Waals surface area contributed by atoms with Crippen LogP contribution in [0.4, 0.5) is 13.6 Å². The van der Waals surface area contributed by atoms with Crippen molar-refractivity contribution in [1.82, 2.24) is 10.2 Å². The van der Waals surface area contributed by atoms with Crippen LogP contribution in [0.15, 0.2) is 18.2 Å². The van der Waals surface area contributed by atoms with Crippen LogP contribution in [0.5, 0.6) is 0 Å². The van der Waals surface area contributed by atoms with Crippen molar-refractivity contribution in [1.29, 1.82) is 0 Å². The van der Waals surface area contributed by atoms with Crippen LogP contribution in [0.1, 0.15) is 42.5 Å². The predicted octanol–water partition coefficient (Wildman–Crippen LogP) is 1.95. The number of nitrogens with zero attached hydrogens (tertiary/aromatic N) is 1. The van der Waals surface area contributed by atoms with Gasteiger partial charge in [0.1, 0.15) is 23.7 Å². The van der Waals surface area contributed by atoms with Crippen molar-refractivity contribution in [3.8, 4) is 0 Å². The predicted molar refractivity (Wildman–Crippen MR) is 87.7 cm³/mol. The number of esters is 1. The zero-order valence-electron chi connectivity index (χ0n) is 14.4. The molecule has 1 spiro atoms. The number of hydrogen-bond acceptors (Lipinski definition) is 5. The number of benzene rings is 1. The average molecular weight is 380 g/mol. The van der Waals surface area contributed by atoms with Crippen LogP contribution in [0.3, 0.4) is 0 Å². The summed E-state index contributed by atoms with van der Waals surface area (Å²) in [5.41, 5.74) is -1.37. The molecule has 1 N–H and O–H groups in total. The summed E-state index contributed by atoms with van der Waals surface area (Å²) in [6.45, 7) is -1.41. The molecule has 1 aromatic rings. The second-order valence-electron chi connectivity index (χ2n) is 6.67. The van der Waals surface area contributed by atoms with Crippen molar-refractivity contribution < 1.29 is 32.7 Å². The molecule has 3 rings (SSSR count). The van der Waals surface area contributed by atoms with E-state index in [1.807, 2.05) is 0 Å². The van der Waals surface area contributed by atoms with Crippen LogP contribution < -0.4 is 5.32 Å². The molecule has 1 saturated carbocycles. The van der Waals surface area contributed by atoms with Gasteiger partial charge in [0, 0.05) is 6.07 Å². The van der Waals surface area contributed by atoms with Crippen molar-refractivity contribution in [2.24, 2.45) is 0 Å². The van der Waals surface area contributed by atoms with Gasteiger partial charge in [-0.05, 0) is 25.0 Å². The van der Waals surface area contributed by atoms with Gasteiger partial charge in [0.05, 0.1) is 5.56 Å². The quantitative estimate of drug-likeness (QED) is 0.479. The van der Waals surface area contributed by atoms with Crippen LogP contribution in [0, 0.1) is 11.6 Å². The monoisotopic (exact) mass is 380 g/mol. The zero-order chi connectivity index (χ0) is 19.6. The van der Waals surface area contributed by atoms with Gasteiger partial charge in [0.25, 0.3) is 5.91 Å². The maximum Gasteiger partial charge on any atom is 0.326 e. The van der Waals surface area contributed by atoms with Gasteiger partial charge in [-0.1, -0.05) is 19.3 Å². The first-order valence-electron chi connectivity index (χ1n) is 8.60. The third-order valence-corrected chi connectivity index (χ3v) is 4.84. The van der Waals surface area contributed by atoms with Gasteiger partial charge in [-0.15, -0.1) is 0 Å². The molecule has 1 aromatic carbocycles. The molecule has 2 aliphatic rings. The summed E-state index contributed by atoms with van der Waals surface area (Å²) in [7, 11) is 0. The van der Waals surface area contributed by atoms with Crippen molar-refractivity contribution in [3.63, 3.8) is 0 Å². The highest BCUT2D eigenvalue weighted by atomic mass is 19.1. The molecule has 1 aliphatic carbocycles. The van der Waals surface area contributed by atoms with E-state index in [1.54, 1.807) is 0 Å². The normalized spacial score (nSPS) is 18.5. The SMILES string of the molecule is O=C(CN1C(=O)NC2(CCCCC2)C1=O)OCC(=O)c1ccc(F)cc1F. The first-order chi connectivity index (χ1) is 12.8. The summed E-state index contributed by atoms with van der Waals surface area (Å²) in [5, 5.41) is 2.66. The van der Waals surface area contributed by atoms with Gasteiger partial charge in [0.15, 0.2) is 6.61 Å². The summed E-state index contributed by atoms with van der Waals surface area (Å²) in [6, 6.07) is 1.74. The van der Waals surface area contributed by atoms with E-state index in [4.69, 9.17) is 4.74 Å². The Hall–Kier alpha value is -2.84. The first-order valence-corrected chi connectivity index (χ1v) is 8.60. The number of halogens is 2. The van der Waals surface area contributed by atoms with E-state index in [1.165, 1.54) is 0 Å². The Morgan fingerprint density at radius 1 is 1.15 bits per heavy atom. The van der Waals surface area contributed by atoms with Gasteiger partial charge in [-0.3, -0.25) is 19.3 Å². The van der Waals surface area contributed by atoms with E-state index in [9.17, 15) is 28.0 Å². The number of carbonyl (C=O) groups excluding carboxylic acids is 4. The Balaban J connectivity index is 1.57. The fraction of sp³-hybridized carbons (Fsp3) is 0.444. The molecule has 27 heavy (non-hydrogen) atoms. The third-order valence-electron chi connectivity index (χ3n) is 4.84. The Labute approximate surface area is 153 Å². The average Bonchev–Trinajstić information content (AvgIpc) is 2.84. The molecular formula is C18H18F2N2O5. The lowest BCUT2D eigenvalue weighted by Crippen LogP contribution is -2.48. The maximum absolute atomic E-state index is 13.6. The summed E-state index contributed by atoms with van der Waals surface area (Å²) in [4.78, 5) is 49.2. The lowest BCUT2D eigenvalue weighted by Gasteiger charge is -2.30. The Morgan fingerprint density at radius 2 is 1.85 bits per heavy atom. The van der Waals surface area contributed by atoms with E-state index in [0.717, 1.165) is 36.3 Å². The van der Waals surface area contributed by atoms with Gasteiger partial charge >= 0.3 is 12.0 Å².